The molecular formula is C17H29N3O. The highest BCUT2D eigenvalue weighted by atomic mass is 16.1. The molecule has 0 aliphatic carbocycles. The molecule has 0 saturated carbocycles. The molecule has 4 nitrogen and oxygen atoms in total. The van der Waals surface area contributed by atoms with Crippen LogP contribution in [-0.4, -0.2) is 50.1 Å². The van der Waals surface area contributed by atoms with Gasteiger partial charge in [-0.1, -0.05) is 13.8 Å². The minimum atomic E-state index is -0.000271. The van der Waals surface area contributed by atoms with Gasteiger partial charge in [-0.3, -0.25) is 9.69 Å². The lowest BCUT2D eigenvalue weighted by molar-refractivity contribution is 0.0938. The van der Waals surface area contributed by atoms with Crippen molar-refractivity contribution in [2.45, 2.75) is 33.7 Å². The summed E-state index contributed by atoms with van der Waals surface area (Å²) in [6.07, 6.45) is 0. The lowest BCUT2D eigenvalue weighted by atomic mass is 10.1. The molecule has 0 spiro atoms. The maximum absolute atomic E-state index is 12.2. The van der Waals surface area contributed by atoms with E-state index in [1.54, 1.807) is 0 Å². The summed E-state index contributed by atoms with van der Waals surface area (Å²) in [5, 5.41) is 3.02. The van der Waals surface area contributed by atoms with Crippen LogP contribution in [0.5, 0.6) is 0 Å². The Morgan fingerprint density at radius 2 is 1.67 bits per heavy atom. The Bertz CT molecular complexity index is 426. The topological polar surface area (TPSA) is 35.6 Å². The number of amides is 1. The molecule has 0 fully saturated rings. The first-order valence-corrected chi connectivity index (χ1v) is 7.86. The zero-order valence-electron chi connectivity index (χ0n) is 14.0. The van der Waals surface area contributed by atoms with Gasteiger partial charge < -0.3 is 10.2 Å². The molecule has 0 aromatic heterocycles. The zero-order chi connectivity index (χ0) is 15.8. The first-order chi connectivity index (χ1) is 10.0. The summed E-state index contributed by atoms with van der Waals surface area (Å²) in [5.74, 6) is -0.000271. The van der Waals surface area contributed by atoms with Gasteiger partial charge in [0.15, 0.2) is 0 Å². The molecule has 1 unspecified atom stereocenters. The van der Waals surface area contributed by atoms with E-state index in [-0.39, 0.29) is 5.91 Å². The Morgan fingerprint density at radius 1 is 1.10 bits per heavy atom. The van der Waals surface area contributed by atoms with Gasteiger partial charge in [0.1, 0.15) is 0 Å². The molecule has 0 saturated heterocycles. The van der Waals surface area contributed by atoms with Gasteiger partial charge in [-0.15, -0.1) is 0 Å². The minimum absolute atomic E-state index is 0.000271. The molecule has 1 amide bonds. The first-order valence-electron chi connectivity index (χ1n) is 7.86. The van der Waals surface area contributed by atoms with Crippen molar-refractivity contribution in [3.63, 3.8) is 0 Å². The highest BCUT2D eigenvalue weighted by Crippen LogP contribution is 2.13. The van der Waals surface area contributed by atoms with E-state index < -0.39 is 0 Å². The number of carbonyl (C=O) groups excluding carboxylic acids is 1. The molecular weight excluding hydrogens is 262 g/mol. The highest BCUT2D eigenvalue weighted by Gasteiger charge is 2.12. The number of likely N-dealkylation sites (N-methyl/N-ethyl adjacent to an activating group) is 1. The van der Waals surface area contributed by atoms with Crippen LogP contribution < -0.4 is 10.2 Å². The first kappa shape index (κ1) is 17.5. The van der Waals surface area contributed by atoms with E-state index in [4.69, 9.17) is 0 Å². The summed E-state index contributed by atoms with van der Waals surface area (Å²) in [7, 11) is 2.04. The molecule has 0 aliphatic rings. The second kappa shape index (κ2) is 8.67. The Kier molecular flexibility index (Phi) is 7.23. The van der Waals surface area contributed by atoms with Crippen LogP contribution in [0.15, 0.2) is 24.3 Å². The molecule has 0 bridgehead atoms. The van der Waals surface area contributed by atoms with E-state index in [0.29, 0.717) is 12.6 Å². The van der Waals surface area contributed by atoms with Crippen molar-refractivity contribution in [2.24, 2.45) is 0 Å². The average Bonchev–Trinajstić information content (AvgIpc) is 2.53. The second-order valence-corrected chi connectivity index (χ2v) is 5.34. The molecule has 1 N–H and O–H groups in total. The van der Waals surface area contributed by atoms with Crippen LogP contribution in [0.1, 0.15) is 38.1 Å². The standard InChI is InChI=1S/C17H29N3O/c1-6-19(5)16-11-9-15(10-12-16)17(21)18-13-14(4)20(7-2)8-3/h9-12,14H,6-8,13H2,1-5H3,(H,18,21). The van der Waals surface area contributed by atoms with E-state index in [1.165, 1.54) is 0 Å². The third-order valence-corrected chi connectivity index (χ3v) is 4.04. The van der Waals surface area contributed by atoms with Gasteiger partial charge in [0.25, 0.3) is 5.91 Å². The Balaban J connectivity index is 2.56. The van der Waals surface area contributed by atoms with E-state index in [0.717, 1.165) is 30.9 Å². The Hall–Kier alpha value is -1.55. The van der Waals surface area contributed by atoms with Crippen LogP contribution in [-0.2, 0) is 0 Å². The third-order valence-electron chi connectivity index (χ3n) is 4.04. The molecule has 1 rings (SSSR count). The normalized spacial score (nSPS) is 12.3. The fourth-order valence-electron chi connectivity index (χ4n) is 2.37. The highest BCUT2D eigenvalue weighted by molar-refractivity contribution is 5.94. The SMILES string of the molecule is CCN(C)c1ccc(C(=O)NCC(C)N(CC)CC)cc1. The van der Waals surface area contributed by atoms with Gasteiger partial charge in [-0.05, 0) is 51.2 Å². The number of nitrogens with one attached hydrogen (secondary N) is 1. The molecule has 1 aromatic carbocycles. The van der Waals surface area contributed by atoms with Crippen LogP contribution in [0.2, 0.25) is 0 Å². The number of hydrogen-bond acceptors (Lipinski definition) is 3. The van der Waals surface area contributed by atoms with E-state index in [2.05, 4.69) is 42.8 Å². The number of carbonyl (C=O) groups is 1. The lowest BCUT2D eigenvalue weighted by Crippen LogP contribution is -2.42. The van der Waals surface area contributed by atoms with Crippen molar-refractivity contribution in [1.29, 1.82) is 0 Å². The Morgan fingerprint density at radius 3 is 2.14 bits per heavy atom. The monoisotopic (exact) mass is 291 g/mol. The molecule has 1 atom stereocenters. The van der Waals surface area contributed by atoms with Crippen molar-refractivity contribution in [2.75, 3.05) is 38.1 Å². The van der Waals surface area contributed by atoms with Gasteiger partial charge in [0, 0.05) is 37.4 Å². The second-order valence-electron chi connectivity index (χ2n) is 5.34. The van der Waals surface area contributed by atoms with Crippen LogP contribution in [0.3, 0.4) is 0 Å². The third kappa shape index (κ3) is 5.05. The zero-order valence-corrected chi connectivity index (χ0v) is 14.0. The van der Waals surface area contributed by atoms with Gasteiger partial charge in [-0.2, -0.15) is 0 Å². The summed E-state index contributed by atoms with van der Waals surface area (Å²) < 4.78 is 0. The van der Waals surface area contributed by atoms with E-state index in [9.17, 15) is 4.79 Å². The van der Waals surface area contributed by atoms with E-state index in [1.807, 2.05) is 31.3 Å². The molecule has 0 aliphatic heterocycles. The fraction of sp³-hybridized carbons (Fsp3) is 0.588. The van der Waals surface area contributed by atoms with Gasteiger partial charge in [-0.25, -0.2) is 0 Å². The summed E-state index contributed by atoms with van der Waals surface area (Å²) in [6, 6.07) is 8.12. The van der Waals surface area contributed by atoms with Crippen LogP contribution in [0.25, 0.3) is 0 Å². The smallest absolute Gasteiger partial charge is 0.251 e. The molecule has 0 radical (unpaired) electrons. The van der Waals surface area contributed by atoms with E-state index >= 15 is 0 Å². The Labute approximate surface area is 129 Å². The molecule has 1 aromatic rings. The average molecular weight is 291 g/mol. The molecule has 4 heteroatoms. The maximum Gasteiger partial charge on any atom is 0.251 e. The number of rotatable bonds is 8. The fourth-order valence-corrected chi connectivity index (χ4v) is 2.37. The molecule has 118 valence electrons. The summed E-state index contributed by atoms with van der Waals surface area (Å²) in [6.45, 7) is 12.2. The van der Waals surface area contributed by atoms with Gasteiger partial charge >= 0.3 is 0 Å². The largest absolute Gasteiger partial charge is 0.375 e. The quantitative estimate of drug-likeness (QED) is 0.799. The summed E-state index contributed by atoms with van der Waals surface area (Å²) >= 11 is 0. The van der Waals surface area contributed by atoms with Crippen molar-refractivity contribution in [3.05, 3.63) is 29.8 Å². The predicted octanol–water partition coefficient (Wildman–Crippen LogP) is 2.60. The van der Waals surface area contributed by atoms with Gasteiger partial charge in [0.05, 0.1) is 0 Å². The number of nitrogens with zero attached hydrogens (tertiary/aromatic N) is 2. The maximum atomic E-state index is 12.2. The van der Waals surface area contributed by atoms with Gasteiger partial charge in [0.2, 0.25) is 0 Å². The molecule has 0 heterocycles. The van der Waals surface area contributed by atoms with Crippen molar-refractivity contribution < 1.29 is 4.79 Å². The van der Waals surface area contributed by atoms with Crippen LogP contribution in [0, 0.1) is 0 Å². The number of hydrogen-bond donors (Lipinski definition) is 1. The number of anilines is 1. The van der Waals surface area contributed by atoms with Crippen molar-refractivity contribution in [3.8, 4) is 0 Å². The van der Waals surface area contributed by atoms with Crippen LogP contribution in [0.4, 0.5) is 5.69 Å². The summed E-state index contributed by atoms with van der Waals surface area (Å²) in [5.41, 5.74) is 1.85. The minimum Gasteiger partial charge on any atom is -0.375 e. The predicted molar refractivity (Wildman–Crippen MR) is 90.1 cm³/mol. The molecule has 21 heavy (non-hydrogen) atoms. The lowest BCUT2D eigenvalue weighted by Gasteiger charge is -2.26. The van der Waals surface area contributed by atoms with Crippen molar-refractivity contribution in [1.82, 2.24) is 10.2 Å². The summed E-state index contributed by atoms with van der Waals surface area (Å²) in [4.78, 5) is 16.6. The number of benzene rings is 1. The van der Waals surface area contributed by atoms with Crippen molar-refractivity contribution >= 4 is 11.6 Å². The van der Waals surface area contributed by atoms with Crippen LogP contribution >= 0.6 is 0 Å².